The molecule has 0 atom stereocenters. The minimum atomic E-state index is -5.09. The van der Waals surface area contributed by atoms with Crippen molar-refractivity contribution in [1.82, 2.24) is 0 Å². The molecule has 0 amide bonds. The minimum absolute atomic E-state index is 0.00705. The summed E-state index contributed by atoms with van der Waals surface area (Å²) < 4.78 is 113. The fraction of sp³-hybridized carbons (Fsp3) is 0.0500. The molecule has 6 N–H and O–H groups in total. The van der Waals surface area contributed by atoms with Gasteiger partial charge in [-0.05, 0) is 101 Å². The van der Waals surface area contributed by atoms with E-state index in [1.807, 2.05) is 30.3 Å². The highest BCUT2D eigenvalue weighted by Gasteiger charge is 2.35. The first kappa shape index (κ1) is 42.1. The predicted molar refractivity (Wildman–Crippen MR) is 227 cm³/mol. The number of hydrogen-bond donors (Lipinski definition) is 6. The smallest absolute Gasteiger partial charge is 0.298 e. The predicted octanol–water partition coefficient (Wildman–Crippen LogP) is 5.88. The third-order valence-electron chi connectivity index (χ3n) is 9.26. The quantitative estimate of drug-likeness (QED) is 0.0630. The summed E-state index contributed by atoms with van der Waals surface area (Å²) in [5, 5.41) is 11.3. The van der Waals surface area contributed by atoms with Gasteiger partial charge < -0.3 is 14.8 Å². The van der Waals surface area contributed by atoms with Gasteiger partial charge in [-0.3, -0.25) is 34.1 Å². The van der Waals surface area contributed by atoms with Crippen LogP contribution >= 0.6 is 0 Å². The van der Waals surface area contributed by atoms with Gasteiger partial charge in [-0.15, -0.1) is 0 Å². The Kier molecular flexibility index (Phi) is 11.2. The number of para-hydroxylation sites is 1. The van der Waals surface area contributed by atoms with E-state index in [1.54, 1.807) is 42.5 Å². The van der Waals surface area contributed by atoms with Crippen LogP contribution in [0.3, 0.4) is 0 Å². The van der Waals surface area contributed by atoms with E-state index in [0.29, 0.717) is 16.8 Å². The van der Waals surface area contributed by atoms with Gasteiger partial charge in [-0.25, -0.2) is 0 Å². The van der Waals surface area contributed by atoms with Crippen molar-refractivity contribution in [2.24, 2.45) is 10.2 Å². The summed E-state index contributed by atoms with van der Waals surface area (Å²) in [6, 6.07) is 26.5. The van der Waals surface area contributed by atoms with Crippen LogP contribution < -0.4 is 25.6 Å². The second-order valence-electron chi connectivity index (χ2n) is 13.1. The average molecular weight is 886 g/mol. The second kappa shape index (κ2) is 16.2. The topological polar surface area (TPSA) is 277 Å². The monoisotopic (exact) mass is 885 g/mol. The molecule has 5 aromatic rings. The maximum Gasteiger partial charge on any atom is 0.298 e. The molecule has 0 saturated carbocycles. The van der Waals surface area contributed by atoms with Crippen LogP contribution in [0.4, 0.5) is 22.7 Å². The molecule has 2 aliphatic rings. The molecule has 18 nitrogen and oxygen atoms in total. The highest BCUT2D eigenvalue weighted by atomic mass is 32.2. The molecule has 61 heavy (non-hydrogen) atoms. The highest BCUT2D eigenvalue weighted by Crippen LogP contribution is 2.36. The number of fused-ring (bicyclic) bond motifs is 2. The maximum absolute atomic E-state index is 13.6. The van der Waals surface area contributed by atoms with E-state index in [9.17, 15) is 48.5 Å². The number of ether oxygens (including phenoxy) is 2. The van der Waals surface area contributed by atoms with E-state index in [2.05, 4.69) is 26.4 Å². The van der Waals surface area contributed by atoms with Gasteiger partial charge >= 0.3 is 0 Å². The van der Waals surface area contributed by atoms with Crippen molar-refractivity contribution < 1.29 is 58.0 Å². The van der Waals surface area contributed by atoms with Gasteiger partial charge in [-0.1, -0.05) is 36.4 Å². The number of Topliss-reactive ketones (excluding diaryl/α,β-unsaturated/α-hetero) is 2. The number of carbonyl (C=O) groups is 2. The van der Waals surface area contributed by atoms with Crippen molar-refractivity contribution in [2.75, 3.05) is 30.4 Å². The molecule has 0 unspecified atom stereocenters. The van der Waals surface area contributed by atoms with Gasteiger partial charge in [0.1, 0.15) is 27.0 Å². The molecule has 0 spiro atoms. The van der Waals surface area contributed by atoms with Crippen molar-refractivity contribution in [3.8, 4) is 22.6 Å². The fourth-order valence-electron chi connectivity index (χ4n) is 6.35. The molecular formula is C40H31N5O13S3. The summed E-state index contributed by atoms with van der Waals surface area (Å²) in [5.74, 6) is -1.56. The number of nitrogens with one attached hydrogen (secondary N) is 3. The standard InChI is InChI=1S/C40H31N5O13S3/c1-57-33-18-22(8-14-31(33)42-44-37-29-13-11-28(59(48,49)50)17-25(29)21-36(40(37)47)61(54,55)56)23-9-15-32(34(19-23)58-2)43-45-38-35(60(51,52)53)20-24-16-27(10-12-30(24)39(38)46)41-26-6-4-3-5-7-26/h3-21,41-43H,1-2H3,(H,48,49,50)(H,51,52,53)(H,54,55,56)/b44-37-,45-38-. The molecule has 0 heterocycles. The Hall–Kier alpha value is -7.01. The number of nitrogens with zero attached hydrogens (tertiary/aromatic N) is 2. The molecule has 312 valence electrons. The average Bonchev–Trinajstić information content (AvgIpc) is 3.21. The number of anilines is 4. The van der Waals surface area contributed by atoms with Crippen LogP contribution in [-0.2, 0) is 35.1 Å². The molecule has 0 bridgehead atoms. The number of ketones is 2. The summed E-state index contributed by atoms with van der Waals surface area (Å²) in [4.78, 5) is 24.4. The van der Waals surface area contributed by atoms with Gasteiger partial charge in [0.15, 0.2) is 5.71 Å². The van der Waals surface area contributed by atoms with Crippen molar-refractivity contribution in [1.29, 1.82) is 0 Å². The fourth-order valence-corrected chi connectivity index (χ4v) is 8.13. The molecule has 0 saturated heterocycles. The first-order chi connectivity index (χ1) is 28.8. The first-order valence-electron chi connectivity index (χ1n) is 17.5. The van der Waals surface area contributed by atoms with Crippen molar-refractivity contribution >= 4 is 88.2 Å². The first-order valence-corrected chi connectivity index (χ1v) is 21.8. The number of allylic oxidation sites excluding steroid dienone is 2. The van der Waals surface area contributed by atoms with E-state index >= 15 is 0 Å². The maximum atomic E-state index is 13.6. The lowest BCUT2D eigenvalue weighted by molar-refractivity contribution is -0.109. The molecule has 0 radical (unpaired) electrons. The number of hydrogen-bond acceptors (Lipinski definition) is 15. The van der Waals surface area contributed by atoms with Gasteiger partial charge in [0.05, 0.1) is 30.5 Å². The summed E-state index contributed by atoms with van der Waals surface area (Å²) in [6.45, 7) is 0. The molecule has 21 heteroatoms. The van der Waals surface area contributed by atoms with E-state index in [0.717, 1.165) is 36.0 Å². The van der Waals surface area contributed by atoms with E-state index < -0.39 is 68.0 Å². The summed E-state index contributed by atoms with van der Waals surface area (Å²) >= 11 is 0. The van der Waals surface area contributed by atoms with Crippen LogP contribution in [0.2, 0.25) is 0 Å². The van der Waals surface area contributed by atoms with E-state index in [1.165, 1.54) is 26.4 Å². The van der Waals surface area contributed by atoms with E-state index in [-0.39, 0.29) is 45.1 Å². The lowest BCUT2D eigenvalue weighted by Gasteiger charge is -2.18. The number of benzene rings is 5. The zero-order chi connectivity index (χ0) is 43.9. The largest absolute Gasteiger partial charge is 0.494 e. The van der Waals surface area contributed by atoms with E-state index in [4.69, 9.17) is 9.47 Å². The van der Waals surface area contributed by atoms with Crippen LogP contribution in [0.15, 0.2) is 128 Å². The van der Waals surface area contributed by atoms with Gasteiger partial charge in [0, 0.05) is 22.5 Å². The molecule has 5 aromatic carbocycles. The third-order valence-corrected chi connectivity index (χ3v) is 11.8. The van der Waals surface area contributed by atoms with Crippen molar-refractivity contribution in [3.05, 3.63) is 135 Å². The number of rotatable bonds is 12. The normalized spacial score (nSPS) is 15.4. The van der Waals surface area contributed by atoms with Crippen molar-refractivity contribution in [2.45, 2.75) is 4.90 Å². The lowest BCUT2D eigenvalue weighted by atomic mass is 9.94. The SMILES string of the molecule is COc1cc(-c2ccc(N/N=C3\C(=O)c4ccc(Nc5ccccc5)cc4C=C3S(=O)(=O)O)c(OC)c2)ccc1N/N=C1\C(=O)C(S(=O)(=O)O)=Cc2cc(S(=O)(=O)O)ccc21. The van der Waals surface area contributed by atoms with Gasteiger partial charge in [0.2, 0.25) is 11.6 Å². The van der Waals surface area contributed by atoms with Gasteiger partial charge in [-0.2, -0.15) is 35.5 Å². The molecule has 0 aliphatic heterocycles. The Morgan fingerprint density at radius 2 is 1.07 bits per heavy atom. The number of hydrazone groups is 2. The Morgan fingerprint density at radius 1 is 0.525 bits per heavy atom. The molecule has 2 aliphatic carbocycles. The third kappa shape index (κ3) is 8.82. The minimum Gasteiger partial charge on any atom is -0.494 e. The molecular weight excluding hydrogens is 855 g/mol. The Bertz CT molecular complexity index is 3150. The Morgan fingerprint density at radius 3 is 1.62 bits per heavy atom. The van der Waals surface area contributed by atoms with Gasteiger partial charge in [0.25, 0.3) is 30.4 Å². The lowest BCUT2D eigenvalue weighted by Crippen LogP contribution is -2.27. The Labute approximate surface area is 348 Å². The second-order valence-corrected chi connectivity index (χ2v) is 17.3. The molecule has 0 fully saturated rings. The zero-order valence-corrected chi connectivity index (χ0v) is 34.0. The van der Waals surface area contributed by atoms with Crippen molar-refractivity contribution in [3.63, 3.8) is 0 Å². The summed E-state index contributed by atoms with van der Waals surface area (Å²) in [7, 11) is -12.0. The molecule has 7 rings (SSSR count). The number of methoxy groups -OCH3 is 2. The number of carbonyl (C=O) groups excluding carboxylic acids is 2. The van der Waals surface area contributed by atoms with Crippen LogP contribution in [0, 0.1) is 0 Å². The van der Waals surface area contributed by atoms with Crippen LogP contribution in [0.5, 0.6) is 11.5 Å². The Balaban J connectivity index is 1.15. The zero-order valence-electron chi connectivity index (χ0n) is 31.5. The van der Waals surface area contributed by atoms with Crippen LogP contribution in [-0.4, -0.2) is 76.1 Å². The van der Waals surface area contributed by atoms with Crippen LogP contribution in [0.25, 0.3) is 23.3 Å². The highest BCUT2D eigenvalue weighted by molar-refractivity contribution is 7.91. The summed E-state index contributed by atoms with van der Waals surface area (Å²) in [5.41, 5.74) is 7.38. The summed E-state index contributed by atoms with van der Waals surface area (Å²) in [6.07, 6.45) is 1.92. The molecule has 0 aromatic heterocycles. The van der Waals surface area contributed by atoms with Crippen LogP contribution in [0.1, 0.15) is 27.0 Å².